The molecule has 4 rings (SSSR count). The van der Waals surface area contributed by atoms with Crippen molar-refractivity contribution < 1.29 is 22.7 Å². The highest BCUT2D eigenvalue weighted by Crippen LogP contribution is 2.32. The van der Waals surface area contributed by atoms with E-state index in [1.165, 1.54) is 12.1 Å². The Morgan fingerprint density at radius 3 is 2.42 bits per heavy atom. The second kappa shape index (κ2) is 10.4. The first-order valence-corrected chi connectivity index (χ1v) is 13.0. The largest absolute Gasteiger partial charge is 0.490 e. The minimum Gasteiger partial charge on any atom is -0.490 e. The summed E-state index contributed by atoms with van der Waals surface area (Å²) in [5.41, 5.74) is 0.885. The highest BCUT2D eigenvalue weighted by Gasteiger charge is 2.22. The van der Waals surface area contributed by atoms with Crippen LogP contribution >= 0.6 is 0 Å². The monoisotopic (exact) mass is 473 g/mol. The number of hydrogen-bond donors (Lipinski definition) is 2. The highest BCUT2D eigenvalue weighted by atomic mass is 32.2. The van der Waals surface area contributed by atoms with Crippen molar-refractivity contribution in [2.75, 3.05) is 37.6 Å². The zero-order valence-corrected chi connectivity index (χ0v) is 19.7. The number of carbonyl (C=O) groups excluding carboxylic acids is 1. The van der Waals surface area contributed by atoms with Gasteiger partial charge in [-0.05, 0) is 62.2 Å². The van der Waals surface area contributed by atoms with Crippen LogP contribution in [0.2, 0.25) is 0 Å². The maximum atomic E-state index is 12.8. The lowest BCUT2D eigenvalue weighted by Crippen LogP contribution is -2.44. The minimum atomic E-state index is -3.82. The van der Waals surface area contributed by atoms with Gasteiger partial charge in [0.1, 0.15) is 0 Å². The molecule has 0 aromatic heterocycles. The topological polar surface area (TPSA) is 97.0 Å². The number of ether oxygens (including phenoxy) is 2. The number of anilines is 1. The lowest BCUT2D eigenvalue weighted by Gasteiger charge is -2.32. The SMILES string of the molecule is CCCN1CCC(NC(=O)c2ccc(NS(=O)(=O)c3ccc4c(c3)OCCCO4)cc2)CC1. The Bertz CT molecular complexity index is 1060. The first-order chi connectivity index (χ1) is 15.9. The van der Waals surface area contributed by atoms with E-state index in [1.54, 1.807) is 30.3 Å². The van der Waals surface area contributed by atoms with Crippen LogP contribution in [0.15, 0.2) is 47.4 Å². The lowest BCUT2D eigenvalue weighted by molar-refractivity contribution is 0.0911. The number of piperidine rings is 1. The Morgan fingerprint density at radius 2 is 1.73 bits per heavy atom. The molecule has 8 nitrogen and oxygen atoms in total. The van der Waals surface area contributed by atoms with Crippen LogP contribution in [0.1, 0.15) is 43.0 Å². The normalized spacial score (nSPS) is 17.2. The van der Waals surface area contributed by atoms with Crippen LogP contribution in [0.4, 0.5) is 5.69 Å². The number of likely N-dealkylation sites (tertiary alicyclic amines) is 1. The van der Waals surface area contributed by atoms with Crippen molar-refractivity contribution in [1.82, 2.24) is 10.2 Å². The number of sulfonamides is 1. The molecule has 1 saturated heterocycles. The molecule has 1 amide bonds. The van der Waals surface area contributed by atoms with E-state index in [9.17, 15) is 13.2 Å². The van der Waals surface area contributed by atoms with E-state index < -0.39 is 10.0 Å². The van der Waals surface area contributed by atoms with E-state index in [0.717, 1.165) is 45.3 Å². The smallest absolute Gasteiger partial charge is 0.262 e. The summed E-state index contributed by atoms with van der Waals surface area (Å²) in [4.78, 5) is 15.1. The third-order valence-electron chi connectivity index (χ3n) is 5.89. The molecule has 2 N–H and O–H groups in total. The van der Waals surface area contributed by atoms with Crippen molar-refractivity contribution in [2.24, 2.45) is 0 Å². The quantitative estimate of drug-likeness (QED) is 0.641. The number of hydrogen-bond acceptors (Lipinski definition) is 6. The Hall–Kier alpha value is -2.78. The van der Waals surface area contributed by atoms with Crippen molar-refractivity contribution in [3.05, 3.63) is 48.0 Å². The van der Waals surface area contributed by atoms with Gasteiger partial charge in [0, 0.05) is 42.9 Å². The van der Waals surface area contributed by atoms with Gasteiger partial charge < -0.3 is 19.7 Å². The highest BCUT2D eigenvalue weighted by molar-refractivity contribution is 7.92. The third-order valence-corrected chi connectivity index (χ3v) is 7.27. The molecule has 2 aliphatic rings. The number of carbonyl (C=O) groups is 1. The van der Waals surface area contributed by atoms with Crippen LogP contribution in [0.5, 0.6) is 11.5 Å². The first-order valence-electron chi connectivity index (χ1n) is 11.5. The van der Waals surface area contributed by atoms with Crippen LogP contribution in [0, 0.1) is 0 Å². The number of benzene rings is 2. The zero-order chi connectivity index (χ0) is 23.3. The Labute approximate surface area is 195 Å². The van der Waals surface area contributed by atoms with Crippen LogP contribution in [0.3, 0.4) is 0 Å². The maximum Gasteiger partial charge on any atom is 0.262 e. The number of amides is 1. The van der Waals surface area contributed by atoms with E-state index >= 15 is 0 Å². The number of nitrogens with one attached hydrogen (secondary N) is 2. The van der Waals surface area contributed by atoms with E-state index in [-0.39, 0.29) is 16.8 Å². The average Bonchev–Trinajstić information content (AvgIpc) is 3.06. The molecule has 1 fully saturated rings. The van der Waals surface area contributed by atoms with Gasteiger partial charge in [-0.2, -0.15) is 0 Å². The molecule has 0 saturated carbocycles. The maximum absolute atomic E-state index is 12.8. The first kappa shape index (κ1) is 23.4. The van der Waals surface area contributed by atoms with Crippen molar-refractivity contribution >= 4 is 21.6 Å². The van der Waals surface area contributed by atoms with Crippen molar-refractivity contribution in [1.29, 1.82) is 0 Å². The molecule has 33 heavy (non-hydrogen) atoms. The minimum absolute atomic E-state index is 0.0861. The molecular formula is C24H31N3O5S. The fourth-order valence-corrected chi connectivity index (χ4v) is 5.17. The van der Waals surface area contributed by atoms with Gasteiger partial charge in [0.25, 0.3) is 15.9 Å². The summed E-state index contributed by atoms with van der Waals surface area (Å²) in [6.45, 7) is 6.29. The van der Waals surface area contributed by atoms with Gasteiger partial charge in [0.2, 0.25) is 0 Å². The summed E-state index contributed by atoms with van der Waals surface area (Å²) in [6.07, 6.45) is 3.77. The van der Waals surface area contributed by atoms with Gasteiger partial charge in [-0.15, -0.1) is 0 Å². The van der Waals surface area contributed by atoms with Gasteiger partial charge >= 0.3 is 0 Å². The molecule has 0 atom stereocenters. The summed E-state index contributed by atoms with van der Waals surface area (Å²) in [5.74, 6) is 0.821. The summed E-state index contributed by atoms with van der Waals surface area (Å²) in [7, 11) is -3.82. The molecule has 9 heteroatoms. The number of fused-ring (bicyclic) bond motifs is 1. The molecular weight excluding hydrogens is 442 g/mol. The molecule has 0 radical (unpaired) electrons. The zero-order valence-electron chi connectivity index (χ0n) is 18.9. The lowest BCUT2D eigenvalue weighted by atomic mass is 10.0. The molecule has 2 aliphatic heterocycles. The molecule has 0 spiro atoms. The van der Waals surface area contributed by atoms with Crippen LogP contribution < -0.4 is 19.5 Å². The van der Waals surface area contributed by atoms with Crippen molar-refractivity contribution in [3.8, 4) is 11.5 Å². The molecule has 2 aromatic carbocycles. The van der Waals surface area contributed by atoms with E-state index in [2.05, 4.69) is 21.9 Å². The molecule has 178 valence electrons. The van der Waals surface area contributed by atoms with E-state index in [1.807, 2.05) is 0 Å². The van der Waals surface area contributed by atoms with Crippen molar-refractivity contribution in [2.45, 2.75) is 43.5 Å². The summed E-state index contributed by atoms with van der Waals surface area (Å²) in [6, 6.07) is 11.2. The fraction of sp³-hybridized carbons (Fsp3) is 0.458. The summed E-state index contributed by atoms with van der Waals surface area (Å²) < 4.78 is 39.4. The third kappa shape index (κ3) is 5.97. The summed E-state index contributed by atoms with van der Waals surface area (Å²) in [5, 5.41) is 3.10. The van der Waals surface area contributed by atoms with Crippen molar-refractivity contribution in [3.63, 3.8) is 0 Å². The number of nitrogens with zero attached hydrogens (tertiary/aromatic N) is 1. The molecule has 0 unspecified atom stereocenters. The summed E-state index contributed by atoms with van der Waals surface area (Å²) >= 11 is 0. The average molecular weight is 474 g/mol. The molecule has 0 bridgehead atoms. The number of rotatable bonds is 7. The Balaban J connectivity index is 1.36. The van der Waals surface area contributed by atoms with Gasteiger partial charge in [-0.1, -0.05) is 6.92 Å². The van der Waals surface area contributed by atoms with E-state index in [4.69, 9.17) is 9.47 Å². The van der Waals surface area contributed by atoms with Crippen LogP contribution in [0.25, 0.3) is 0 Å². The van der Waals surface area contributed by atoms with Crippen LogP contribution in [-0.2, 0) is 10.0 Å². The van der Waals surface area contributed by atoms with Gasteiger partial charge in [0.15, 0.2) is 11.5 Å². The van der Waals surface area contributed by atoms with Gasteiger partial charge in [-0.3, -0.25) is 9.52 Å². The predicted octanol–water partition coefficient (Wildman–Crippen LogP) is 3.25. The second-order valence-corrected chi connectivity index (χ2v) is 10.1. The van der Waals surface area contributed by atoms with Gasteiger partial charge in [-0.25, -0.2) is 8.42 Å². The molecule has 2 heterocycles. The predicted molar refractivity (Wildman–Crippen MR) is 127 cm³/mol. The molecule has 2 aromatic rings. The van der Waals surface area contributed by atoms with E-state index in [0.29, 0.717) is 36.0 Å². The second-order valence-electron chi connectivity index (χ2n) is 8.43. The standard InChI is InChI=1S/C24H31N3O5S/c1-2-12-27-13-10-19(11-14-27)25-24(28)18-4-6-20(7-5-18)26-33(29,30)21-8-9-22-23(17-21)32-16-3-15-31-22/h4-9,17,19,26H,2-3,10-16H2,1H3,(H,25,28). The van der Waals surface area contributed by atoms with Crippen LogP contribution in [-0.4, -0.2) is 58.1 Å². The molecule has 0 aliphatic carbocycles. The fourth-order valence-electron chi connectivity index (χ4n) is 4.10. The Morgan fingerprint density at radius 1 is 1.03 bits per heavy atom. The van der Waals surface area contributed by atoms with Gasteiger partial charge in [0.05, 0.1) is 18.1 Å². The Kier molecular flexibility index (Phi) is 7.39.